The number of rotatable bonds is 7. The Labute approximate surface area is 201 Å². The van der Waals surface area contributed by atoms with E-state index < -0.39 is 28.7 Å². The zero-order chi connectivity index (χ0) is 24.7. The number of amides is 5. The van der Waals surface area contributed by atoms with Gasteiger partial charge in [-0.3, -0.25) is 9.69 Å². The van der Waals surface area contributed by atoms with Crippen molar-refractivity contribution < 1.29 is 28.8 Å². The van der Waals surface area contributed by atoms with Gasteiger partial charge in [-0.2, -0.15) is 4.79 Å². The number of likely N-dealkylation sites (tertiary alicyclic amines) is 1. The molecular formula is C25H37N4O5+. The number of carbonyl (C=O) groups excluding carboxylic acids is 3. The predicted molar refractivity (Wildman–Crippen MR) is 127 cm³/mol. The third kappa shape index (κ3) is 5.94. The van der Waals surface area contributed by atoms with Gasteiger partial charge in [0.15, 0.2) is 5.78 Å². The number of benzene rings is 1. The minimum absolute atomic E-state index is 0.0991. The van der Waals surface area contributed by atoms with Gasteiger partial charge < -0.3 is 15.7 Å². The van der Waals surface area contributed by atoms with Crippen molar-refractivity contribution in [1.82, 2.24) is 15.5 Å². The van der Waals surface area contributed by atoms with Crippen molar-refractivity contribution in [3.63, 3.8) is 0 Å². The first-order valence-electron chi connectivity index (χ1n) is 12.2. The van der Waals surface area contributed by atoms with Crippen LogP contribution in [0.3, 0.4) is 0 Å². The number of carbonyl (C=O) groups is 4. The molecule has 5 amide bonds. The van der Waals surface area contributed by atoms with Crippen LogP contribution in [0.1, 0.15) is 57.4 Å². The van der Waals surface area contributed by atoms with Crippen LogP contribution >= 0.6 is 0 Å². The molecule has 1 aromatic carbocycles. The first-order chi connectivity index (χ1) is 16.2. The first-order valence-corrected chi connectivity index (χ1v) is 12.2. The van der Waals surface area contributed by atoms with E-state index in [0.29, 0.717) is 12.8 Å². The number of urea groups is 2. The first kappa shape index (κ1) is 25.7. The van der Waals surface area contributed by atoms with Crippen LogP contribution in [-0.2, 0) is 11.2 Å². The van der Waals surface area contributed by atoms with Gasteiger partial charge in [-0.15, -0.1) is 4.48 Å². The summed E-state index contributed by atoms with van der Waals surface area (Å²) in [5.41, 5.74) is 0.884. The van der Waals surface area contributed by atoms with E-state index in [1.54, 1.807) is 6.92 Å². The number of likely N-dealkylation sites (N-methyl/N-ethyl adjacent to an activating group) is 1. The molecule has 0 spiro atoms. The lowest BCUT2D eigenvalue weighted by molar-refractivity contribution is -0.790. The maximum Gasteiger partial charge on any atom is 0.523 e. The lowest BCUT2D eigenvalue weighted by Crippen LogP contribution is -2.63. The van der Waals surface area contributed by atoms with E-state index in [4.69, 9.17) is 0 Å². The lowest BCUT2D eigenvalue weighted by Gasteiger charge is -2.33. The highest BCUT2D eigenvalue weighted by Crippen LogP contribution is 2.29. The number of nitrogens with zero attached hydrogens (tertiary/aromatic N) is 2. The van der Waals surface area contributed by atoms with Crippen LogP contribution in [0.4, 0.5) is 14.4 Å². The standard InChI is InChI=1S/C25H36N4O5/c1-18-10-9-15-29(18,25(33)34)24(32)28(2)17-22(30)21(16-19-11-5-3-6-12-19)27-23(31)26-20-13-7-4-8-14-20/h3,5-6,11-12,18,20-21H,4,7-10,13-17H2,1-2H3,(H2-,26,27,31,33,34)/p+1/t18-,21+,29?/m1/s1. The van der Waals surface area contributed by atoms with Crippen molar-refractivity contribution in [1.29, 1.82) is 0 Å². The van der Waals surface area contributed by atoms with Crippen molar-refractivity contribution in [2.75, 3.05) is 20.1 Å². The van der Waals surface area contributed by atoms with Crippen LogP contribution < -0.4 is 10.6 Å². The Morgan fingerprint density at radius 1 is 1.06 bits per heavy atom. The van der Waals surface area contributed by atoms with E-state index in [2.05, 4.69) is 10.6 Å². The van der Waals surface area contributed by atoms with Gasteiger partial charge in [-0.25, -0.2) is 9.59 Å². The summed E-state index contributed by atoms with van der Waals surface area (Å²) in [6.45, 7) is 1.69. The van der Waals surface area contributed by atoms with Crippen LogP contribution in [0.25, 0.3) is 0 Å². The van der Waals surface area contributed by atoms with Gasteiger partial charge >= 0.3 is 18.2 Å². The molecule has 3 rings (SSSR count). The van der Waals surface area contributed by atoms with Gasteiger partial charge in [0.25, 0.3) is 0 Å². The summed E-state index contributed by atoms with van der Waals surface area (Å²) in [5.74, 6) is -0.339. The van der Waals surface area contributed by atoms with Crippen molar-refractivity contribution in [2.45, 2.75) is 76.4 Å². The predicted octanol–water partition coefficient (Wildman–Crippen LogP) is 3.53. The molecule has 1 aliphatic heterocycles. The normalized spacial score (nSPS) is 23.6. The number of nitrogens with one attached hydrogen (secondary N) is 2. The Hall–Kier alpha value is -2.94. The number of carboxylic acid groups (broad SMARTS) is 1. The quantitative estimate of drug-likeness (QED) is 0.524. The van der Waals surface area contributed by atoms with Crippen LogP contribution in [0.5, 0.6) is 0 Å². The average molecular weight is 474 g/mol. The molecule has 0 bridgehead atoms. The molecule has 2 fully saturated rings. The van der Waals surface area contributed by atoms with Crippen LogP contribution in [0.2, 0.25) is 0 Å². The molecule has 3 N–H and O–H groups in total. The molecule has 1 aliphatic carbocycles. The van der Waals surface area contributed by atoms with Gasteiger partial charge in [0.1, 0.15) is 6.04 Å². The number of Topliss-reactive ketones (excluding diaryl/α,β-unsaturated/α-hetero) is 1. The van der Waals surface area contributed by atoms with Crippen LogP contribution in [0, 0.1) is 0 Å². The number of hydrogen-bond acceptors (Lipinski definition) is 4. The van der Waals surface area contributed by atoms with E-state index in [-0.39, 0.29) is 37.4 Å². The lowest BCUT2D eigenvalue weighted by atomic mass is 9.96. The molecule has 9 heteroatoms. The zero-order valence-corrected chi connectivity index (χ0v) is 20.2. The molecule has 1 heterocycles. The Morgan fingerprint density at radius 2 is 1.74 bits per heavy atom. The van der Waals surface area contributed by atoms with E-state index in [1.807, 2.05) is 30.3 Å². The summed E-state index contributed by atoms with van der Waals surface area (Å²) >= 11 is 0. The van der Waals surface area contributed by atoms with E-state index in [9.17, 15) is 24.3 Å². The third-order valence-electron chi connectivity index (χ3n) is 7.20. The van der Waals surface area contributed by atoms with Gasteiger partial charge in [0.05, 0.1) is 19.1 Å². The smallest absolute Gasteiger partial charge is 0.435 e. The van der Waals surface area contributed by atoms with Gasteiger partial charge in [0.2, 0.25) is 0 Å². The second-order valence-corrected chi connectivity index (χ2v) is 9.67. The fraction of sp³-hybridized carbons (Fsp3) is 0.600. The molecule has 0 radical (unpaired) electrons. The second-order valence-electron chi connectivity index (χ2n) is 9.67. The maximum absolute atomic E-state index is 13.3. The monoisotopic (exact) mass is 473 g/mol. The molecule has 9 nitrogen and oxygen atoms in total. The van der Waals surface area contributed by atoms with E-state index in [1.165, 1.54) is 18.4 Å². The summed E-state index contributed by atoms with van der Waals surface area (Å²) in [6.07, 6.45) is 5.54. The highest BCUT2D eigenvalue weighted by molar-refractivity contribution is 5.92. The van der Waals surface area contributed by atoms with Gasteiger partial charge in [-0.05, 0) is 31.7 Å². The Balaban J connectivity index is 1.70. The SMILES string of the molecule is C[C@@H]1CCC[N+]1(C(=O)O)C(=O)N(C)CC(=O)[C@H](Cc1ccccc1)NC(=O)NC1CCCCC1. The largest absolute Gasteiger partial charge is 0.523 e. The molecule has 3 atom stereocenters. The molecule has 34 heavy (non-hydrogen) atoms. The van der Waals surface area contributed by atoms with E-state index >= 15 is 0 Å². The maximum atomic E-state index is 13.3. The molecule has 1 aromatic rings. The summed E-state index contributed by atoms with van der Waals surface area (Å²) in [6, 6.07) is 7.28. The van der Waals surface area contributed by atoms with Crippen LogP contribution in [0.15, 0.2) is 30.3 Å². The molecular weight excluding hydrogens is 436 g/mol. The zero-order valence-electron chi connectivity index (χ0n) is 20.2. The number of hydrogen-bond donors (Lipinski definition) is 3. The summed E-state index contributed by atoms with van der Waals surface area (Å²) in [4.78, 5) is 52.4. The fourth-order valence-corrected chi connectivity index (χ4v) is 5.17. The topological polar surface area (TPSA) is 116 Å². The second kappa shape index (κ2) is 11.5. The highest BCUT2D eigenvalue weighted by Gasteiger charge is 2.54. The molecule has 186 valence electrons. The summed E-state index contributed by atoms with van der Waals surface area (Å²) in [5, 5.41) is 15.6. The Bertz CT molecular complexity index is 887. The van der Waals surface area contributed by atoms with Crippen molar-refractivity contribution in [2.24, 2.45) is 0 Å². The van der Waals surface area contributed by atoms with E-state index in [0.717, 1.165) is 31.2 Å². The Kier molecular flexibility index (Phi) is 8.66. The molecule has 0 aromatic heterocycles. The van der Waals surface area contributed by atoms with Crippen molar-refractivity contribution in [3.05, 3.63) is 35.9 Å². The van der Waals surface area contributed by atoms with Gasteiger partial charge in [0, 0.05) is 25.9 Å². The van der Waals surface area contributed by atoms with Crippen molar-refractivity contribution >= 4 is 23.9 Å². The molecule has 1 saturated heterocycles. The minimum atomic E-state index is -1.19. The summed E-state index contributed by atoms with van der Waals surface area (Å²) < 4.78 is -0.692. The fourth-order valence-electron chi connectivity index (χ4n) is 5.17. The number of imide groups is 1. The number of ketones is 1. The highest BCUT2D eigenvalue weighted by atomic mass is 16.4. The number of quaternary nitrogens is 1. The minimum Gasteiger partial charge on any atom is -0.435 e. The van der Waals surface area contributed by atoms with Crippen LogP contribution in [-0.4, -0.2) is 76.7 Å². The third-order valence-corrected chi connectivity index (χ3v) is 7.20. The molecule has 1 saturated carbocycles. The van der Waals surface area contributed by atoms with Crippen molar-refractivity contribution in [3.8, 4) is 0 Å². The van der Waals surface area contributed by atoms with Gasteiger partial charge in [-0.1, -0.05) is 49.6 Å². The molecule has 2 aliphatic rings. The average Bonchev–Trinajstić information content (AvgIpc) is 3.21. The Morgan fingerprint density at radius 3 is 2.32 bits per heavy atom. The molecule has 1 unspecified atom stereocenters. The summed E-state index contributed by atoms with van der Waals surface area (Å²) in [7, 11) is 1.45.